The van der Waals surface area contributed by atoms with Crippen molar-refractivity contribution in [3.8, 4) is 22.6 Å². The lowest BCUT2D eigenvalue weighted by Crippen LogP contribution is -2.51. The summed E-state index contributed by atoms with van der Waals surface area (Å²) >= 11 is 0. The van der Waals surface area contributed by atoms with Gasteiger partial charge >= 0.3 is 0 Å². The molecule has 0 saturated carbocycles. The third kappa shape index (κ3) is 5.54. The van der Waals surface area contributed by atoms with E-state index in [1.54, 1.807) is 24.5 Å². The maximum atomic E-state index is 13.5. The summed E-state index contributed by atoms with van der Waals surface area (Å²) in [5, 5.41) is 9.42. The van der Waals surface area contributed by atoms with E-state index in [0.29, 0.717) is 25.5 Å². The zero-order chi connectivity index (χ0) is 31.0. The van der Waals surface area contributed by atoms with Crippen molar-refractivity contribution in [1.29, 1.82) is 0 Å². The number of rotatable bonds is 6. The quantitative estimate of drug-likeness (QED) is 0.283. The molecule has 8 rings (SSSR count). The molecule has 2 aliphatic rings. The number of benzene rings is 3. The van der Waals surface area contributed by atoms with Crippen molar-refractivity contribution in [2.24, 2.45) is 0 Å². The molecule has 5 heterocycles. The van der Waals surface area contributed by atoms with Crippen LogP contribution in [0, 0.1) is 5.82 Å². The molecule has 0 unspecified atom stereocenters. The highest BCUT2D eigenvalue weighted by molar-refractivity contribution is 6.01. The van der Waals surface area contributed by atoms with E-state index >= 15 is 0 Å². The van der Waals surface area contributed by atoms with Crippen LogP contribution >= 0.6 is 0 Å². The molecule has 1 atom stereocenters. The number of hydrogen-bond donors (Lipinski definition) is 1. The van der Waals surface area contributed by atoms with Gasteiger partial charge in [-0.25, -0.2) is 24.3 Å². The number of hydrogen-bond acceptors (Lipinski definition) is 8. The van der Waals surface area contributed by atoms with Crippen molar-refractivity contribution in [1.82, 2.24) is 39.9 Å². The number of fused-ring (bicyclic) bond motifs is 2. The van der Waals surface area contributed by atoms with Crippen LogP contribution < -0.4 is 4.90 Å². The van der Waals surface area contributed by atoms with Crippen LogP contribution in [0.2, 0.25) is 0 Å². The number of aromatic amines is 1. The lowest BCUT2D eigenvalue weighted by molar-refractivity contribution is -0.132. The number of piperazine rings is 1. The van der Waals surface area contributed by atoms with E-state index in [9.17, 15) is 9.18 Å². The van der Waals surface area contributed by atoms with Crippen LogP contribution in [-0.2, 0) is 4.79 Å². The molecule has 2 aliphatic heterocycles. The van der Waals surface area contributed by atoms with Gasteiger partial charge in [-0.15, -0.1) is 0 Å². The average molecular weight is 614 g/mol. The van der Waals surface area contributed by atoms with Gasteiger partial charge in [-0.2, -0.15) is 5.10 Å². The van der Waals surface area contributed by atoms with E-state index in [0.717, 1.165) is 82.7 Å². The molecule has 2 saturated heterocycles. The summed E-state index contributed by atoms with van der Waals surface area (Å²) in [6.45, 7) is 5.01. The predicted molar refractivity (Wildman–Crippen MR) is 175 cm³/mol. The highest BCUT2D eigenvalue weighted by atomic mass is 19.1. The van der Waals surface area contributed by atoms with Crippen molar-refractivity contribution in [2.45, 2.75) is 12.3 Å². The van der Waals surface area contributed by atoms with Gasteiger partial charge in [0.25, 0.3) is 0 Å². The van der Waals surface area contributed by atoms with E-state index in [-0.39, 0.29) is 17.6 Å². The molecule has 1 amide bonds. The van der Waals surface area contributed by atoms with Gasteiger partial charge in [0.15, 0.2) is 5.82 Å². The van der Waals surface area contributed by atoms with Crippen LogP contribution in [-0.4, -0.2) is 91.7 Å². The molecule has 2 fully saturated rings. The van der Waals surface area contributed by atoms with Crippen LogP contribution in [0.15, 0.2) is 85.3 Å². The number of anilines is 1. The number of halogens is 1. The summed E-state index contributed by atoms with van der Waals surface area (Å²) in [5.41, 5.74) is 5.46. The maximum Gasteiger partial charge on any atom is 0.236 e. The van der Waals surface area contributed by atoms with Gasteiger partial charge in [0.1, 0.15) is 11.6 Å². The Kier molecular flexibility index (Phi) is 7.30. The van der Waals surface area contributed by atoms with Crippen molar-refractivity contribution < 1.29 is 9.18 Å². The first-order valence-corrected chi connectivity index (χ1v) is 15.6. The Hall–Kier alpha value is -5.29. The Morgan fingerprint density at radius 2 is 1.65 bits per heavy atom. The SMILES string of the molecule is O=C(CN1CC[C@@H](c2ncc3cc4[nH]nc(-c5ccc(F)cc5)c4cc3n2)C1)N1CCN(c2ccc(-c3ncccn3)cc2)CC1. The highest BCUT2D eigenvalue weighted by Gasteiger charge is 2.30. The summed E-state index contributed by atoms with van der Waals surface area (Å²) < 4.78 is 13.5. The molecule has 230 valence electrons. The number of nitrogens with zero attached hydrogens (tertiary/aromatic N) is 8. The van der Waals surface area contributed by atoms with E-state index in [1.165, 1.54) is 12.1 Å². The Morgan fingerprint density at radius 1 is 0.891 bits per heavy atom. The summed E-state index contributed by atoms with van der Waals surface area (Å²) in [4.78, 5) is 38.1. The van der Waals surface area contributed by atoms with E-state index < -0.39 is 0 Å². The summed E-state index contributed by atoms with van der Waals surface area (Å²) in [5.74, 6) is 1.57. The van der Waals surface area contributed by atoms with Gasteiger partial charge in [0, 0.05) is 84.8 Å². The van der Waals surface area contributed by atoms with Gasteiger partial charge in [-0.3, -0.25) is 14.8 Å². The van der Waals surface area contributed by atoms with Gasteiger partial charge < -0.3 is 9.80 Å². The Balaban J connectivity index is 0.886. The predicted octanol–water partition coefficient (Wildman–Crippen LogP) is 4.91. The topological polar surface area (TPSA) is 107 Å². The minimum atomic E-state index is -0.279. The van der Waals surface area contributed by atoms with E-state index in [1.807, 2.05) is 29.3 Å². The standard InChI is InChI=1S/C35H32FN9O/c36-27-6-2-23(3-7-27)33-29-19-30-26(18-31(29)41-42-33)20-39-35(40-30)25-10-13-43(21-25)22-32(46)45-16-14-44(15-17-45)28-8-4-24(5-9-28)34-37-11-1-12-38-34/h1-9,11-12,18-20,25H,10,13-17,21-22H2,(H,41,42)/t25-/m1/s1. The fourth-order valence-corrected chi connectivity index (χ4v) is 6.54. The van der Waals surface area contributed by atoms with Crippen LogP contribution in [0.25, 0.3) is 44.5 Å². The molecule has 11 heteroatoms. The normalized spacial score (nSPS) is 17.3. The first kappa shape index (κ1) is 28.2. The average Bonchev–Trinajstić information content (AvgIpc) is 3.75. The zero-order valence-electron chi connectivity index (χ0n) is 25.2. The second-order valence-corrected chi connectivity index (χ2v) is 12.0. The third-order valence-electron chi connectivity index (χ3n) is 9.08. The van der Waals surface area contributed by atoms with Crippen molar-refractivity contribution >= 4 is 33.4 Å². The minimum absolute atomic E-state index is 0.162. The molecule has 1 N–H and O–H groups in total. The summed E-state index contributed by atoms with van der Waals surface area (Å²) in [6, 6.07) is 20.5. The highest BCUT2D eigenvalue weighted by Crippen LogP contribution is 2.31. The Morgan fingerprint density at radius 3 is 2.43 bits per heavy atom. The number of aromatic nitrogens is 6. The molecule has 3 aromatic carbocycles. The van der Waals surface area contributed by atoms with Crippen molar-refractivity contribution in [2.75, 3.05) is 50.7 Å². The Labute approximate surface area is 264 Å². The zero-order valence-corrected chi connectivity index (χ0v) is 25.2. The molecule has 3 aromatic heterocycles. The molecule has 0 spiro atoms. The molecule has 10 nitrogen and oxygen atoms in total. The number of likely N-dealkylation sites (tertiary alicyclic amines) is 1. The second kappa shape index (κ2) is 11.9. The lowest BCUT2D eigenvalue weighted by Gasteiger charge is -2.36. The monoisotopic (exact) mass is 613 g/mol. The van der Waals surface area contributed by atoms with Crippen molar-refractivity contribution in [3.05, 3.63) is 97.0 Å². The van der Waals surface area contributed by atoms with Crippen molar-refractivity contribution in [3.63, 3.8) is 0 Å². The maximum absolute atomic E-state index is 13.5. The Bertz CT molecular complexity index is 2010. The fraction of sp³-hybridized carbons (Fsp3) is 0.257. The fourth-order valence-electron chi connectivity index (χ4n) is 6.54. The molecule has 6 aromatic rings. The summed E-state index contributed by atoms with van der Waals surface area (Å²) in [6.07, 6.45) is 6.27. The first-order chi connectivity index (χ1) is 22.6. The van der Waals surface area contributed by atoms with Gasteiger partial charge in [0.2, 0.25) is 5.91 Å². The molecule has 0 radical (unpaired) electrons. The van der Waals surface area contributed by atoms with Crippen LogP contribution in [0.3, 0.4) is 0 Å². The van der Waals surface area contributed by atoms with Gasteiger partial charge in [-0.1, -0.05) is 0 Å². The number of amides is 1. The minimum Gasteiger partial charge on any atom is -0.368 e. The molecule has 0 bridgehead atoms. The first-order valence-electron chi connectivity index (χ1n) is 15.6. The third-order valence-corrected chi connectivity index (χ3v) is 9.08. The van der Waals surface area contributed by atoms with Gasteiger partial charge in [-0.05, 0) is 79.7 Å². The molecular formula is C35H32FN9O. The largest absolute Gasteiger partial charge is 0.368 e. The summed E-state index contributed by atoms with van der Waals surface area (Å²) in [7, 11) is 0. The number of carbonyl (C=O) groups is 1. The molecular weight excluding hydrogens is 581 g/mol. The number of H-pyrrole nitrogens is 1. The van der Waals surface area contributed by atoms with E-state index in [2.05, 4.69) is 54.2 Å². The molecule has 0 aliphatic carbocycles. The van der Waals surface area contributed by atoms with E-state index in [4.69, 9.17) is 9.97 Å². The van der Waals surface area contributed by atoms with Crippen LogP contribution in [0.5, 0.6) is 0 Å². The molecule has 46 heavy (non-hydrogen) atoms. The number of nitrogens with one attached hydrogen (secondary N) is 1. The number of carbonyl (C=O) groups excluding carboxylic acids is 1. The van der Waals surface area contributed by atoms with Gasteiger partial charge in [0.05, 0.1) is 23.3 Å². The lowest BCUT2D eigenvalue weighted by atomic mass is 10.1. The van der Waals surface area contributed by atoms with Crippen LogP contribution in [0.4, 0.5) is 10.1 Å². The van der Waals surface area contributed by atoms with Crippen LogP contribution in [0.1, 0.15) is 18.2 Å². The second-order valence-electron chi connectivity index (χ2n) is 12.0. The smallest absolute Gasteiger partial charge is 0.236 e.